The van der Waals surface area contributed by atoms with Gasteiger partial charge in [0.2, 0.25) is 0 Å². The van der Waals surface area contributed by atoms with Gasteiger partial charge in [0.25, 0.3) is 0 Å². The summed E-state index contributed by atoms with van der Waals surface area (Å²) in [5.74, 6) is 0.371. The molecule has 0 saturated heterocycles. The molecule has 1 N–H and O–H groups in total. The maximum Gasteiger partial charge on any atom is 0.148 e. The number of anilines is 1. The summed E-state index contributed by atoms with van der Waals surface area (Å²) in [7, 11) is 0. The molecule has 1 heterocycles. The first-order chi connectivity index (χ1) is 10.3. The fraction of sp³-hybridized carbons (Fsp3) is 0.0588. The van der Waals surface area contributed by atoms with Crippen molar-refractivity contribution in [3.8, 4) is 11.3 Å². The van der Waals surface area contributed by atoms with Gasteiger partial charge in [0.05, 0.1) is 5.69 Å². The Hall–Kier alpha value is -2.75. The third kappa shape index (κ3) is 3.23. The van der Waals surface area contributed by atoms with E-state index in [2.05, 4.69) is 15.5 Å². The fourth-order valence-electron chi connectivity index (χ4n) is 2.03. The minimum Gasteiger partial charge on any atom is -0.365 e. The van der Waals surface area contributed by atoms with Crippen LogP contribution in [0.5, 0.6) is 0 Å². The van der Waals surface area contributed by atoms with Crippen LogP contribution >= 0.6 is 0 Å². The highest BCUT2D eigenvalue weighted by molar-refractivity contribution is 5.60. The summed E-state index contributed by atoms with van der Waals surface area (Å²) in [4.78, 5) is 0. The molecule has 0 aliphatic carbocycles. The van der Waals surface area contributed by atoms with E-state index in [-0.39, 0.29) is 5.82 Å². The van der Waals surface area contributed by atoms with Crippen molar-refractivity contribution in [3.05, 3.63) is 78.1 Å². The van der Waals surface area contributed by atoms with Gasteiger partial charge in [-0.25, -0.2) is 4.39 Å². The van der Waals surface area contributed by atoms with Gasteiger partial charge in [-0.05, 0) is 29.8 Å². The molecular formula is C17H14FN3. The Kier molecular flexibility index (Phi) is 3.87. The quantitative estimate of drug-likeness (QED) is 0.787. The molecule has 104 valence electrons. The minimum absolute atomic E-state index is 0.295. The lowest BCUT2D eigenvalue weighted by molar-refractivity contribution is 0.630. The van der Waals surface area contributed by atoms with E-state index in [9.17, 15) is 4.39 Å². The molecule has 0 aliphatic rings. The van der Waals surface area contributed by atoms with E-state index < -0.39 is 0 Å². The van der Waals surface area contributed by atoms with E-state index in [1.165, 1.54) is 6.07 Å². The molecule has 3 nitrogen and oxygen atoms in total. The number of halogens is 1. The first kappa shape index (κ1) is 13.2. The van der Waals surface area contributed by atoms with Crippen molar-refractivity contribution in [2.45, 2.75) is 6.54 Å². The predicted octanol–water partition coefficient (Wildman–Crippen LogP) is 3.89. The molecule has 0 unspecified atom stereocenters. The molecule has 3 rings (SSSR count). The second kappa shape index (κ2) is 6.13. The number of rotatable bonds is 4. The van der Waals surface area contributed by atoms with Gasteiger partial charge in [0.15, 0.2) is 0 Å². The zero-order chi connectivity index (χ0) is 14.5. The highest BCUT2D eigenvalue weighted by Crippen LogP contribution is 2.20. The minimum atomic E-state index is -0.295. The molecule has 4 heteroatoms. The van der Waals surface area contributed by atoms with Crippen LogP contribution in [0.15, 0.2) is 66.7 Å². The van der Waals surface area contributed by atoms with E-state index in [0.717, 1.165) is 5.56 Å². The van der Waals surface area contributed by atoms with Crippen molar-refractivity contribution in [2.24, 2.45) is 0 Å². The van der Waals surface area contributed by atoms with Crippen LogP contribution in [0.2, 0.25) is 0 Å². The van der Waals surface area contributed by atoms with Gasteiger partial charge >= 0.3 is 0 Å². The number of hydrogen-bond donors (Lipinski definition) is 1. The molecule has 0 spiro atoms. The highest BCUT2D eigenvalue weighted by Gasteiger charge is 2.06. The second-order valence-electron chi connectivity index (χ2n) is 4.62. The third-order valence-electron chi connectivity index (χ3n) is 3.13. The summed E-state index contributed by atoms with van der Waals surface area (Å²) >= 11 is 0. The summed E-state index contributed by atoms with van der Waals surface area (Å²) in [5.41, 5.74) is 2.15. The normalized spacial score (nSPS) is 10.3. The molecule has 2 aromatic carbocycles. The van der Waals surface area contributed by atoms with E-state index in [4.69, 9.17) is 0 Å². The summed E-state index contributed by atoms with van der Waals surface area (Å²) in [6, 6.07) is 20.1. The summed E-state index contributed by atoms with van der Waals surface area (Å²) in [5, 5.41) is 11.3. The molecule has 1 aromatic heterocycles. The van der Waals surface area contributed by atoms with Crippen LogP contribution in [-0.2, 0) is 6.54 Å². The number of hydrogen-bond acceptors (Lipinski definition) is 3. The van der Waals surface area contributed by atoms with Crippen molar-refractivity contribution in [1.29, 1.82) is 0 Å². The molecule has 0 radical (unpaired) electrons. The maximum atomic E-state index is 13.7. The lowest BCUT2D eigenvalue weighted by atomic mass is 10.1. The van der Waals surface area contributed by atoms with Gasteiger partial charge in [0, 0.05) is 12.1 Å². The van der Waals surface area contributed by atoms with Gasteiger partial charge in [-0.1, -0.05) is 42.5 Å². The van der Waals surface area contributed by atoms with Crippen LogP contribution in [0.4, 0.5) is 10.2 Å². The van der Waals surface area contributed by atoms with Crippen molar-refractivity contribution in [2.75, 3.05) is 5.32 Å². The number of aromatic nitrogens is 2. The van der Waals surface area contributed by atoms with Crippen molar-refractivity contribution in [3.63, 3.8) is 0 Å². The average molecular weight is 279 g/mol. The monoisotopic (exact) mass is 279 g/mol. The van der Waals surface area contributed by atoms with Crippen LogP contribution < -0.4 is 5.32 Å². The third-order valence-corrected chi connectivity index (χ3v) is 3.13. The summed E-state index contributed by atoms with van der Waals surface area (Å²) in [6.45, 7) is 0.675. The fourth-order valence-corrected chi connectivity index (χ4v) is 2.03. The molecule has 0 fully saturated rings. The number of nitrogens with zero attached hydrogens (tertiary/aromatic N) is 2. The first-order valence-electron chi connectivity index (χ1n) is 6.69. The zero-order valence-electron chi connectivity index (χ0n) is 11.3. The molecule has 0 aliphatic heterocycles. The van der Waals surface area contributed by atoms with Gasteiger partial charge in [0.1, 0.15) is 11.6 Å². The van der Waals surface area contributed by atoms with Gasteiger partial charge < -0.3 is 5.32 Å². The summed E-state index contributed by atoms with van der Waals surface area (Å²) < 4.78 is 13.7. The Labute approximate surface area is 122 Å². The molecule has 21 heavy (non-hydrogen) atoms. The second-order valence-corrected chi connectivity index (χ2v) is 4.62. The van der Waals surface area contributed by atoms with Crippen LogP contribution in [0.1, 0.15) is 5.56 Å². The number of nitrogens with one attached hydrogen (secondary N) is 1. The van der Waals surface area contributed by atoms with Crippen molar-refractivity contribution < 1.29 is 4.39 Å². The number of benzene rings is 2. The van der Waals surface area contributed by atoms with Gasteiger partial charge in [-0.2, -0.15) is 0 Å². The lowest BCUT2D eigenvalue weighted by Crippen LogP contribution is -2.02. The molecule has 0 saturated carbocycles. The molecule has 0 amide bonds. The van der Waals surface area contributed by atoms with E-state index >= 15 is 0 Å². The molecule has 3 aromatic rings. The van der Waals surface area contributed by atoms with Crippen LogP contribution in [0, 0.1) is 5.82 Å². The first-order valence-corrected chi connectivity index (χ1v) is 6.69. The predicted molar refractivity (Wildman–Crippen MR) is 81.2 cm³/mol. The maximum absolute atomic E-state index is 13.7. The Bertz CT molecular complexity index is 712. The Morgan fingerprint density at radius 1 is 0.810 bits per heavy atom. The Morgan fingerprint density at radius 2 is 1.57 bits per heavy atom. The van der Waals surface area contributed by atoms with Crippen molar-refractivity contribution >= 4 is 5.82 Å². The standard InChI is InChI=1S/C17H14FN3/c18-15-9-5-4-8-14(15)16-10-11-17(21-20-16)19-12-13-6-2-1-3-7-13/h1-11H,12H2,(H,19,21). The Morgan fingerprint density at radius 3 is 2.29 bits per heavy atom. The average Bonchev–Trinajstić information content (AvgIpc) is 2.55. The Balaban J connectivity index is 1.71. The smallest absolute Gasteiger partial charge is 0.148 e. The van der Waals surface area contributed by atoms with Crippen LogP contribution in [0.3, 0.4) is 0 Å². The van der Waals surface area contributed by atoms with Crippen LogP contribution in [-0.4, -0.2) is 10.2 Å². The highest BCUT2D eigenvalue weighted by atomic mass is 19.1. The zero-order valence-corrected chi connectivity index (χ0v) is 11.3. The molecular weight excluding hydrogens is 265 g/mol. The lowest BCUT2D eigenvalue weighted by Gasteiger charge is -2.06. The largest absolute Gasteiger partial charge is 0.365 e. The topological polar surface area (TPSA) is 37.8 Å². The van der Waals surface area contributed by atoms with Crippen molar-refractivity contribution in [1.82, 2.24) is 10.2 Å². The van der Waals surface area contributed by atoms with Crippen LogP contribution in [0.25, 0.3) is 11.3 Å². The SMILES string of the molecule is Fc1ccccc1-c1ccc(NCc2ccccc2)nn1. The van der Waals surface area contributed by atoms with E-state index in [1.807, 2.05) is 30.3 Å². The van der Waals surface area contributed by atoms with E-state index in [1.54, 1.807) is 30.3 Å². The van der Waals surface area contributed by atoms with Gasteiger partial charge in [-0.3, -0.25) is 0 Å². The van der Waals surface area contributed by atoms with E-state index in [0.29, 0.717) is 23.6 Å². The molecule has 0 bridgehead atoms. The van der Waals surface area contributed by atoms with Gasteiger partial charge in [-0.15, -0.1) is 10.2 Å². The summed E-state index contributed by atoms with van der Waals surface area (Å²) in [6.07, 6.45) is 0. The molecule has 0 atom stereocenters.